The third kappa shape index (κ3) is 4.53. The van der Waals surface area contributed by atoms with Crippen molar-refractivity contribution in [3.8, 4) is 11.1 Å². The molecule has 0 atom stereocenters. The Labute approximate surface area is 158 Å². The monoisotopic (exact) mass is 388 g/mol. The van der Waals surface area contributed by atoms with Crippen molar-refractivity contribution in [2.75, 3.05) is 0 Å². The van der Waals surface area contributed by atoms with Gasteiger partial charge in [0.05, 0.1) is 17.1 Å². The molecule has 1 aliphatic carbocycles. The van der Waals surface area contributed by atoms with Crippen molar-refractivity contribution < 1.29 is 17.9 Å². The van der Waals surface area contributed by atoms with Gasteiger partial charge in [-0.1, -0.05) is 30.3 Å². The van der Waals surface area contributed by atoms with Gasteiger partial charge < -0.3 is 5.11 Å². The molecule has 0 bridgehead atoms. The van der Waals surface area contributed by atoms with Gasteiger partial charge in [-0.2, -0.15) is 0 Å². The molecule has 1 fully saturated rings. The fraction of sp³-hybridized carbons (Fsp3) is 0.350. The van der Waals surface area contributed by atoms with Gasteiger partial charge in [0.25, 0.3) is 0 Å². The number of aliphatic hydroxyl groups is 1. The summed E-state index contributed by atoms with van der Waals surface area (Å²) >= 11 is 0. The first-order chi connectivity index (χ1) is 12.7. The minimum Gasteiger partial charge on any atom is -0.390 e. The van der Waals surface area contributed by atoms with Gasteiger partial charge in [0, 0.05) is 11.6 Å². The Morgan fingerprint density at radius 3 is 2.37 bits per heavy atom. The van der Waals surface area contributed by atoms with Crippen molar-refractivity contribution in [3.63, 3.8) is 0 Å². The molecule has 3 rings (SSSR count). The first-order valence-electron chi connectivity index (χ1n) is 8.72. The number of benzene rings is 2. The fourth-order valence-electron chi connectivity index (χ4n) is 3.26. The van der Waals surface area contributed by atoms with Crippen molar-refractivity contribution in [2.24, 2.45) is 0 Å². The smallest absolute Gasteiger partial charge is 0.240 e. The van der Waals surface area contributed by atoms with Crippen LogP contribution in [0.15, 0.2) is 47.4 Å². The summed E-state index contributed by atoms with van der Waals surface area (Å²) in [5.41, 5.74) is 0.554. The zero-order valence-electron chi connectivity index (χ0n) is 14.9. The first kappa shape index (κ1) is 19.5. The Morgan fingerprint density at radius 1 is 1.19 bits per heavy atom. The summed E-state index contributed by atoms with van der Waals surface area (Å²) in [6.45, 7) is 8.70. The zero-order valence-corrected chi connectivity index (χ0v) is 15.8. The average Bonchev–Trinajstić information content (AvgIpc) is 2.63. The number of rotatable bonds is 4. The highest BCUT2D eigenvalue weighted by molar-refractivity contribution is 7.89. The van der Waals surface area contributed by atoms with Gasteiger partial charge in [-0.25, -0.2) is 22.4 Å². The van der Waals surface area contributed by atoms with Crippen LogP contribution in [0.3, 0.4) is 0 Å². The molecule has 1 aliphatic rings. The van der Waals surface area contributed by atoms with Crippen molar-refractivity contribution in [1.82, 2.24) is 4.72 Å². The van der Waals surface area contributed by atoms with E-state index in [0.717, 1.165) is 6.07 Å². The first-order valence-corrected chi connectivity index (χ1v) is 10.2. The molecule has 5 nitrogen and oxygen atoms in total. The van der Waals surface area contributed by atoms with Crippen LogP contribution < -0.4 is 4.72 Å². The molecule has 2 aromatic carbocycles. The Bertz CT molecular complexity index is 969. The van der Waals surface area contributed by atoms with E-state index in [1.165, 1.54) is 12.1 Å². The SMILES string of the molecule is [C-]#[N+]c1ccc(-c2ccc(S(=O)(=O)NC3CCC(C)(O)CC3)cc2F)cc1. The van der Waals surface area contributed by atoms with Crippen LogP contribution in [0.4, 0.5) is 10.1 Å². The lowest BCUT2D eigenvalue weighted by molar-refractivity contribution is 0.0163. The van der Waals surface area contributed by atoms with Crippen LogP contribution in [0, 0.1) is 12.4 Å². The molecule has 142 valence electrons. The summed E-state index contributed by atoms with van der Waals surface area (Å²) in [5, 5.41) is 9.97. The molecule has 2 N–H and O–H groups in total. The Morgan fingerprint density at radius 2 is 1.81 bits per heavy atom. The number of nitrogens with zero attached hydrogens (tertiary/aromatic N) is 1. The molecule has 0 aromatic heterocycles. The zero-order chi connectivity index (χ0) is 19.7. The molecular weight excluding hydrogens is 367 g/mol. The van der Waals surface area contributed by atoms with Gasteiger partial charge in [-0.15, -0.1) is 0 Å². The number of sulfonamides is 1. The van der Waals surface area contributed by atoms with E-state index >= 15 is 0 Å². The number of hydrogen-bond acceptors (Lipinski definition) is 3. The largest absolute Gasteiger partial charge is 0.390 e. The number of hydrogen-bond donors (Lipinski definition) is 2. The summed E-state index contributed by atoms with van der Waals surface area (Å²) in [7, 11) is -3.84. The second-order valence-corrected chi connectivity index (χ2v) is 8.91. The van der Waals surface area contributed by atoms with E-state index in [1.54, 1.807) is 31.2 Å². The molecule has 0 aliphatic heterocycles. The van der Waals surface area contributed by atoms with Gasteiger partial charge in [0.15, 0.2) is 5.69 Å². The molecule has 0 radical (unpaired) electrons. The summed E-state index contributed by atoms with van der Waals surface area (Å²) in [6, 6.07) is 10.00. The minimum atomic E-state index is -3.84. The lowest BCUT2D eigenvalue weighted by Gasteiger charge is -2.33. The van der Waals surface area contributed by atoms with Gasteiger partial charge in [0.2, 0.25) is 10.0 Å². The van der Waals surface area contributed by atoms with Crippen molar-refractivity contribution in [1.29, 1.82) is 0 Å². The minimum absolute atomic E-state index is 0.126. The predicted octanol–water partition coefficient (Wildman–Crippen LogP) is 4.02. The quantitative estimate of drug-likeness (QED) is 0.778. The van der Waals surface area contributed by atoms with Crippen LogP contribution in [0.2, 0.25) is 0 Å². The number of halogens is 1. The summed E-state index contributed by atoms with van der Waals surface area (Å²) in [4.78, 5) is 3.17. The van der Waals surface area contributed by atoms with E-state index in [0.29, 0.717) is 36.9 Å². The molecule has 0 saturated heterocycles. The van der Waals surface area contributed by atoms with Gasteiger partial charge in [-0.05, 0) is 50.3 Å². The molecule has 2 aromatic rings. The van der Waals surface area contributed by atoms with Crippen molar-refractivity contribution in [3.05, 3.63) is 59.7 Å². The Balaban J connectivity index is 1.78. The normalized spacial score (nSPS) is 23.0. The van der Waals surface area contributed by atoms with E-state index in [9.17, 15) is 17.9 Å². The maximum atomic E-state index is 14.5. The molecule has 1 saturated carbocycles. The van der Waals surface area contributed by atoms with E-state index in [4.69, 9.17) is 6.57 Å². The van der Waals surface area contributed by atoms with Crippen LogP contribution in [0.5, 0.6) is 0 Å². The highest BCUT2D eigenvalue weighted by Gasteiger charge is 2.31. The second kappa shape index (κ2) is 7.39. The maximum absolute atomic E-state index is 14.5. The fourth-order valence-corrected chi connectivity index (χ4v) is 4.57. The molecular formula is C20H21FN2O3S. The molecule has 0 heterocycles. The Hall–Kier alpha value is -2.27. The molecule has 0 spiro atoms. The topological polar surface area (TPSA) is 70.8 Å². The Kier molecular flexibility index (Phi) is 5.33. The molecule has 0 amide bonds. The predicted molar refractivity (Wildman–Crippen MR) is 101 cm³/mol. The van der Waals surface area contributed by atoms with Crippen LogP contribution >= 0.6 is 0 Å². The maximum Gasteiger partial charge on any atom is 0.240 e. The molecule has 0 unspecified atom stereocenters. The standard InChI is InChI=1S/C20H21FN2O3S/c1-20(24)11-9-16(10-12-20)23-27(25,26)17-7-8-18(19(21)13-17)14-3-5-15(22-2)6-4-14/h3-8,13,16,23-24H,9-12H2,1H3. The van der Waals surface area contributed by atoms with Gasteiger partial charge in [-0.3, -0.25) is 0 Å². The van der Waals surface area contributed by atoms with Crippen molar-refractivity contribution in [2.45, 2.75) is 49.1 Å². The van der Waals surface area contributed by atoms with E-state index in [2.05, 4.69) is 9.57 Å². The summed E-state index contributed by atoms with van der Waals surface area (Å²) in [6.07, 6.45) is 2.13. The third-order valence-corrected chi connectivity index (χ3v) is 6.46. The van der Waals surface area contributed by atoms with Crippen LogP contribution in [0.25, 0.3) is 16.0 Å². The highest BCUT2D eigenvalue weighted by atomic mass is 32.2. The highest BCUT2D eigenvalue weighted by Crippen LogP contribution is 2.30. The van der Waals surface area contributed by atoms with E-state index in [-0.39, 0.29) is 16.5 Å². The van der Waals surface area contributed by atoms with Crippen molar-refractivity contribution >= 4 is 15.7 Å². The summed E-state index contributed by atoms with van der Waals surface area (Å²) < 4.78 is 42.3. The number of nitrogens with one attached hydrogen (secondary N) is 1. The third-order valence-electron chi connectivity index (χ3n) is 4.94. The second-order valence-electron chi connectivity index (χ2n) is 7.19. The molecule has 27 heavy (non-hydrogen) atoms. The lowest BCUT2D eigenvalue weighted by Crippen LogP contribution is -2.42. The van der Waals surface area contributed by atoms with E-state index < -0.39 is 21.4 Å². The summed E-state index contributed by atoms with van der Waals surface area (Å²) in [5.74, 6) is -0.639. The van der Waals surface area contributed by atoms with E-state index in [1.807, 2.05) is 0 Å². The van der Waals surface area contributed by atoms with Crippen LogP contribution in [-0.4, -0.2) is 25.2 Å². The van der Waals surface area contributed by atoms with Gasteiger partial charge in [0.1, 0.15) is 5.82 Å². The molecule has 7 heteroatoms. The lowest BCUT2D eigenvalue weighted by atomic mass is 9.84. The van der Waals surface area contributed by atoms with Crippen LogP contribution in [0.1, 0.15) is 32.6 Å². The van der Waals surface area contributed by atoms with Gasteiger partial charge >= 0.3 is 0 Å². The van der Waals surface area contributed by atoms with Crippen LogP contribution in [-0.2, 0) is 10.0 Å². The average molecular weight is 388 g/mol.